The van der Waals surface area contributed by atoms with Crippen molar-refractivity contribution in [2.24, 2.45) is 4.99 Å². The van der Waals surface area contributed by atoms with Gasteiger partial charge in [-0.05, 0) is 25.5 Å². The Hall–Kier alpha value is -1.76. The van der Waals surface area contributed by atoms with Crippen LogP contribution in [0.25, 0.3) is 0 Å². The van der Waals surface area contributed by atoms with Crippen molar-refractivity contribution in [2.75, 3.05) is 13.2 Å². The predicted octanol–water partition coefficient (Wildman–Crippen LogP) is 3.52. The summed E-state index contributed by atoms with van der Waals surface area (Å²) in [6.07, 6.45) is -4.54. The first-order chi connectivity index (χ1) is 10.8. The molecule has 8 heteroatoms. The van der Waals surface area contributed by atoms with E-state index >= 15 is 0 Å². The Bertz CT molecular complexity index is 632. The van der Waals surface area contributed by atoms with E-state index in [4.69, 9.17) is 16.3 Å². The molecule has 1 heterocycles. The molecule has 0 saturated carbocycles. The van der Waals surface area contributed by atoms with Crippen molar-refractivity contribution in [3.05, 3.63) is 34.3 Å². The van der Waals surface area contributed by atoms with Gasteiger partial charge < -0.3 is 9.64 Å². The van der Waals surface area contributed by atoms with Gasteiger partial charge in [0.15, 0.2) is 0 Å². The van der Waals surface area contributed by atoms with Gasteiger partial charge in [0.2, 0.25) is 0 Å². The van der Waals surface area contributed by atoms with Gasteiger partial charge in [-0.3, -0.25) is 4.79 Å². The van der Waals surface area contributed by atoms with Gasteiger partial charge in [-0.25, -0.2) is 4.99 Å². The zero-order valence-electron chi connectivity index (χ0n) is 12.7. The van der Waals surface area contributed by atoms with Crippen LogP contribution >= 0.6 is 11.6 Å². The fourth-order valence-corrected chi connectivity index (χ4v) is 2.57. The topological polar surface area (TPSA) is 41.9 Å². The van der Waals surface area contributed by atoms with E-state index in [9.17, 15) is 18.0 Å². The molecule has 1 atom stereocenters. The molecule has 1 aromatic carbocycles. The molecule has 1 aliphatic heterocycles. The summed E-state index contributed by atoms with van der Waals surface area (Å²) in [5.41, 5.74) is -0.674. The largest absolute Gasteiger partial charge is 0.474 e. The number of hydrogen-bond acceptors (Lipinski definition) is 3. The standard InChI is InChI=1S/C15H16ClF3N2O2/c1-3-23-13-14(22)21(9(2)7-20-13)8-10-5-4-6-11(12(10)16)15(17,18)19/h4-6,9H,3,7-8H2,1-2H3/t9-/m0/s1. The van der Waals surface area contributed by atoms with Crippen molar-refractivity contribution in [1.82, 2.24) is 4.90 Å². The highest BCUT2D eigenvalue weighted by molar-refractivity contribution is 6.35. The highest BCUT2D eigenvalue weighted by Gasteiger charge is 2.35. The van der Waals surface area contributed by atoms with Crippen LogP contribution in [-0.4, -0.2) is 35.9 Å². The number of rotatable bonds is 3. The van der Waals surface area contributed by atoms with E-state index in [0.29, 0.717) is 6.54 Å². The Kier molecular flexibility index (Phi) is 5.19. The maximum atomic E-state index is 12.9. The van der Waals surface area contributed by atoms with Crippen molar-refractivity contribution in [3.8, 4) is 0 Å². The molecule has 2 rings (SSSR count). The molecule has 1 aliphatic rings. The van der Waals surface area contributed by atoms with E-state index in [2.05, 4.69) is 4.99 Å². The maximum absolute atomic E-state index is 12.9. The smallest absolute Gasteiger partial charge is 0.417 e. The van der Waals surface area contributed by atoms with Crippen LogP contribution in [-0.2, 0) is 22.3 Å². The first-order valence-electron chi connectivity index (χ1n) is 7.08. The van der Waals surface area contributed by atoms with Crippen molar-refractivity contribution in [3.63, 3.8) is 0 Å². The molecule has 4 nitrogen and oxygen atoms in total. The SMILES string of the molecule is CCOC1=NC[C@H](C)N(Cc2cccc(C(F)(F)F)c2Cl)C1=O. The molecule has 0 radical (unpaired) electrons. The average molecular weight is 349 g/mol. The van der Waals surface area contributed by atoms with E-state index < -0.39 is 17.6 Å². The van der Waals surface area contributed by atoms with Crippen LogP contribution < -0.4 is 0 Å². The number of amides is 1. The normalized spacial score (nSPS) is 18.9. The number of benzene rings is 1. The van der Waals surface area contributed by atoms with E-state index in [0.717, 1.165) is 6.07 Å². The Balaban J connectivity index is 2.28. The molecule has 0 bridgehead atoms. The summed E-state index contributed by atoms with van der Waals surface area (Å²) in [5, 5.41) is -0.388. The lowest BCUT2D eigenvalue weighted by molar-refractivity contribution is -0.137. The van der Waals surface area contributed by atoms with Crippen molar-refractivity contribution in [2.45, 2.75) is 32.6 Å². The minimum absolute atomic E-state index is 0.0197. The molecule has 0 fully saturated rings. The quantitative estimate of drug-likeness (QED) is 0.838. The molecule has 1 amide bonds. The average Bonchev–Trinajstić information content (AvgIpc) is 2.47. The second kappa shape index (κ2) is 6.78. The zero-order chi connectivity index (χ0) is 17.2. The summed E-state index contributed by atoms with van der Waals surface area (Å²) < 4.78 is 43.9. The minimum atomic E-state index is -4.54. The molecule has 0 aliphatic carbocycles. The Labute approximate surface area is 136 Å². The third-order valence-corrected chi connectivity index (χ3v) is 3.93. The highest BCUT2D eigenvalue weighted by Crippen LogP contribution is 2.36. The summed E-state index contributed by atoms with van der Waals surface area (Å²) in [6.45, 7) is 4.08. The van der Waals surface area contributed by atoms with Gasteiger partial charge in [-0.2, -0.15) is 13.2 Å². The molecule has 0 saturated heterocycles. The fraction of sp³-hybridized carbons (Fsp3) is 0.467. The Morgan fingerprint density at radius 3 is 2.74 bits per heavy atom. The zero-order valence-corrected chi connectivity index (χ0v) is 13.4. The van der Waals surface area contributed by atoms with Gasteiger partial charge in [0.25, 0.3) is 5.90 Å². The van der Waals surface area contributed by atoms with Gasteiger partial charge in [-0.1, -0.05) is 23.7 Å². The summed E-state index contributed by atoms with van der Waals surface area (Å²) in [5.74, 6) is -0.465. The number of halogens is 4. The number of alkyl halides is 3. The molecule has 0 unspecified atom stereocenters. The first kappa shape index (κ1) is 17.6. The lowest BCUT2D eigenvalue weighted by Gasteiger charge is -2.32. The predicted molar refractivity (Wildman–Crippen MR) is 80.4 cm³/mol. The van der Waals surface area contributed by atoms with E-state index in [1.807, 2.05) is 0 Å². The number of carbonyl (C=O) groups is 1. The van der Waals surface area contributed by atoms with Crippen molar-refractivity contribution < 1.29 is 22.7 Å². The van der Waals surface area contributed by atoms with Gasteiger partial charge in [0, 0.05) is 12.6 Å². The number of carbonyl (C=O) groups excluding carboxylic acids is 1. The van der Waals surface area contributed by atoms with Crippen molar-refractivity contribution >= 4 is 23.4 Å². The molecule has 23 heavy (non-hydrogen) atoms. The first-order valence-corrected chi connectivity index (χ1v) is 7.46. The number of aliphatic imine (C=N–C) groups is 1. The van der Waals surface area contributed by atoms with Gasteiger partial charge in [-0.15, -0.1) is 0 Å². The van der Waals surface area contributed by atoms with Crippen LogP contribution in [0.1, 0.15) is 25.0 Å². The number of hydrogen-bond donors (Lipinski definition) is 0. The molecule has 0 aromatic heterocycles. The Morgan fingerprint density at radius 2 is 2.13 bits per heavy atom. The molecule has 0 spiro atoms. The van der Waals surface area contributed by atoms with Crippen LogP contribution in [0, 0.1) is 0 Å². The minimum Gasteiger partial charge on any atom is -0.474 e. The van der Waals surface area contributed by atoms with E-state index in [1.165, 1.54) is 17.0 Å². The van der Waals surface area contributed by atoms with Gasteiger partial charge >= 0.3 is 12.1 Å². The third kappa shape index (κ3) is 3.77. The van der Waals surface area contributed by atoms with Gasteiger partial charge in [0.1, 0.15) is 0 Å². The van der Waals surface area contributed by atoms with Crippen LogP contribution in [0.15, 0.2) is 23.2 Å². The summed E-state index contributed by atoms with van der Waals surface area (Å²) in [6, 6.07) is 3.42. The molecule has 0 N–H and O–H groups in total. The Morgan fingerprint density at radius 1 is 1.43 bits per heavy atom. The third-order valence-electron chi connectivity index (χ3n) is 3.48. The summed E-state index contributed by atoms with van der Waals surface area (Å²) >= 11 is 5.89. The summed E-state index contributed by atoms with van der Waals surface area (Å²) in [4.78, 5) is 17.8. The van der Waals surface area contributed by atoms with Crippen LogP contribution in [0.4, 0.5) is 13.2 Å². The fourth-order valence-electron chi connectivity index (χ4n) is 2.28. The number of ether oxygens (including phenoxy) is 1. The second-order valence-corrected chi connectivity index (χ2v) is 5.52. The molecular weight excluding hydrogens is 333 g/mol. The lowest BCUT2D eigenvalue weighted by atomic mass is 10.1. The molecule has 126 valence electrons. The number of nitrogens with zero attached hydrogens (tertiary/aromatic N) is 2. The van der Waals surface area contributed by atoms with Crippen LogP contribution in [0.5, 0.6) is 0 Å². The van der Waals surface area contributed by atoms with Crippen LogP contribution in [0.3, 0.4) is 0 Å². The van der Waals surface area contributed by atoms with E-state index in [1.54, 1.807) is 13.8 Å². The molecular formula is C15H16ClF3N2O2. The van der Waals surface area contributed by atoms with Crippen molar-refractivity contribution in [1.29, 1.82) is 0 Å². The van der Waals surface area contributed by atoms with E-state index in [-0.39, 0.29) is 35.7 Å². The summed E-state index contributed by atoms with van der Waals surface area (Å²) in [7, 11) is 0. The molecule has 1 aromatic rings. The van der Waals surface area contributed by atoms with Crippen LogP contribution in [0.2, 0.25) is 5.02 Å². The van der Waals surface area contributed by atoms with Gasteiger partial charge in [0.05, 0.1) is 23.7 Å². The lowest BCUT2D eigenvalue weighted by Crippen LogP contribution is -2.48. The second-order valence-electron chi connectivity index (χ2n) is 5.14. The maximum Gasteiger partial charge on any atom is 0.417 e. The highest BCUT2D eigenvalue weighted by atomic mass is 35.5. The monoisotopic (exact) mass is 348 g/mol.